The van der Waals surface area contributed by atoms with Crippen molar-refractivity contribution >= 4 is 17.2 Å². The van der Waals surface area contributed by atoms with Gasteiger partial charge in [-0.3, -0.25) is 4.79 Å². The average molecular weight is 332 g/mol. The number of aliphatic hydroxyl groups excluding tert-OH is 1. The number of thiazole rings is 1. The Morgan fingerprint density at radius 3 is 2.65 bits per heavy atom. The van der Waals surface area contributed by atoms with Crippen molar-refractivity contribution in [2.45, 2.75) is 46.1 Å². The number of aliphatic hydroxyl groups is 1. The number of nitrogens with zero attached hydrogens (tertiary/aromatic N) is 1. The fourth-order valence-corrected chi connectivity index (χ4v) is 3.36. The molecule has 1 aromatic heterocycles. The second-order valence-electron chi connectivity index (χ2n) is 5.79. The van der Waals surface area contributed by atoms with Crippen molar-refractivity contribution < 1.29 is 9.90 Å². The number of aromatic nitrogens is 1. The summed E-state index contributed by atoms with van der Waals surface area (Å²) in [7, 11) is 0. The van der Waals surface area contributed by atoms with Crippen LogP contribution in [-0.2, 0) is 11.2 Å². The molecule has 1 heterocycles. The lowest BCUT2D eigenvalue weighted by atomic mass is 10.1. The molecule has 124 valence electrons. The van der Waals surface area contributed by atoms with Crippen LogP contribution in [-0.4, -0.2) is 28.6 Å². The van der Waals surface area contributed by atoms with Gasteiger partial charge < -0.3 is 10.4 Å². The van der Waals surface area contributed by atoms with E-state index in [0.717, 1.165) is 27.6 Å². The van der Waals surface area contributed by atoms with Crippen LogP contribution in [0.4, 0.5) is 0 Å². The molecule has 0 saturated carbocycles. The van der Waals surface area contributed by atoms with E-state index in [1.807, 2.05) is 32.9 Å². The van der Waals surface area contributed by atoms with Gasteiger partial charge in [-0.25, -0.2) is 4.98 Å². The molecule has 2 N–H and O–H groups in total. The highest BCUT2D eigenvalue weighted by atomic mass is 32.1. The lowest BCUT2D eigenvalue weighted by Crippen LogP contribution is -2.32. The van der Waals surface area contributed by atoms with Crippen LogP contribution in [0, 0.1) is 13.8 Å². The van der Waals surface area contributed by atoms with Gasteiger partial charge in [-0.2, -0.15) is 0 Å². The molecule has 23 heavy (non-hydrogen) atoms. The van der Waals surface area contributed by atoms with Crippen molar-refractivity contribution in [3.05, 3.63) is 39.7 Å². The molecule has 1 aromatic carbocycles. The van der Waals surface area contributed by atoms with Crippen LogP contribution < -0.4 is 5.32 Å². The molecular weight excluding hydrogens is 308 g/mol. The minimum Gasteiger partial charge on any atom is -0.391 e. The summed E-state index contributed by atoms with van der Waals surface area (Å²) in [6.45, 7) is 6.32. The van der Waals surface area contributed by atoms with E-state index in [2.05, 4.69) is 22.4 Å². The van der Waals surface area contributed by atoms with Crippen LogP contribution in [0.2, 0.25) is 0 Å². The highest BCUT2D eigenvalue weighted by molar-refractivity contribution is 7.12. The molecular formula is C18H24N2O2S. The molecule has 0 aliphatic rings. The third-order valence-electron chi connectivity index (χ3n) is 3.61. The fraction of sp³-hybridized carbons (Fsp3) is 0.444. The molecule has 4 nitrogen and oxygen atoms in total. The van der Waals surface area contributed by atoms with Gasteiger partial charge in [-0.15, -0.1) is 11.3 Å². The molecule has 0 aliphatic carbocycles. The van der Waals surface area contributed by atoms with E-state index in [1.54, 1.807) is 11.3 Å². The molecule has 0 saturated heterocycles. The number of hydrogen-bond acceptors (Lipinski definition) is 4. The summed E-state index contributed by atoms with van der Waals surface area (Å²) < 4.78 is 0. The average Bonchev–Trinajstić information content (AvgIpc) is 2.87. The molecule has 2 rings (SSSR count). The minimum atomic E-state index is -0.469. The minimum absolute atomic E-state index is 0.0721. The highest BCUT2D eigenvalue weighted by Gasteiger charge is 2.15. The number of nitrogens with one attached hydrogen (secondary N) is 1. The second kappa shape index (κ2) is 8.22. The maximum absolute atomic E-state index is 12.1. The molecule has 0 bridgehead atoms. The number of benzene rings is 1. The summed E-state index contributed by atoms with van der Waals surface area (Å²) in [6, 6.07) is 8.18. The molecule has 5 heteroatoms. The standard InChI is InChI=1S/C18H24N2O2S/c1-4-5-15(21)11-19-17(22)10-16-18(20-13(3)23-16)14-8-6-12(2)7-9-14/h6-9,15,21H,4-5,10-11H2,1-3H3,(H,19,22). The quantitative estimate of drug-likeness (QED) is 0.818. The Bertz CT molecular complexity index is 650. The third kappa shape index (κ3) is 5.15. The smallest absolute Gasteiger partial charge is 0.225 e. The van der Waals surface area contributed by atoms with Crippen molar-refractivity contribution in [2.75, 3.05) is 6.54 Å². The first-order valence-corrected chi connectivity index (χ1v) is 8.79. The maximum atomic E-state index is 12.1. The highest BCUT2D eigenvalue weighted by Crippen LogP contribution is 2.28. The third-order valence-corrected chi connectivity index (χ3v) is 4.58. The van der Waals surface area contributed by atoms with Crippen molar-refractivity contribution in [1.82, 2.24) is 10.3 Å². The second-order valence-corrected chi connectivity index (χ2v) is 7.08. The lowest BCUT2D eigenvalue weighted by molar-refractivity contribution is -0.120. The zero-order chi connectivity index (χ0) is 16.8. The van der Waals surface area contributed by atoms with Crippen molar-refractivity contribution in [2.24, 2.45) is 0 Å². The molecule has 1 amide bonds. The zero-order valence-corrected chi connectivity index (χ0v) is 14.7. The van der Waals surface area contributed by atoms with E-state index in [4.69, 9.17) is 0 Å². The van der Waals surface area contributed by atoms with Crippen LogP contribution >= 0.6 is 11.3 Å². The van der Waals surface area contributed by atoms with Crippen LogP contribution in [0.1, 0.15) is 35.2 Å². The maximum Gasteiger partial charge on any atom is 0.225 e. The van der Waals surface area contributed by atoms with Gasteiger partial charge in [-0.05, 0) is 20.3 Å². The monoisotopic (exact) mass is 332 g/mol. The van der Waals surface area contributed by atoms with Gasteiger partial charge in [0, 0.05) is 17.0 Å². The summed E-state index contributed by atoms with van der Waals surface area (Å²) >= 11 is 1.55. The first-order chi connectivity index (χ1) is 11.0. The number of rotatable bonds is 7. The Hall–Kier alpha value is -1.72. The Balaban J connectivity index is 2.05. The van der Waals surface area contributed by atoms with E-state index < -0.39 is 6.10 Å². The van der Waals surface area contributed by atoms with Crippen molar-refractivity contribution in [3.8, 4) is 11.3 Å². The van der Waals surface area contributed by atoms with E-state index >= 15 is 0 Å². The van der Waals surface area contributed by atoms with E-state index in [0.29, 0.717) is 19.4 Å². The molecule has 0 spiro atoms. The van der Waals surface area contributed by atoms with E-state index in [-0.39, 0.29) is 5.91 Å². The summed E-state index contributed by atoms with van der Waals surface area (Å²) in [5.41, 5.74) is 3.12. The molecule has 0 radical (unpaired) electrons. The van der Waals surface area contributed by atoms with E-state index in [1.165, 1.54) is 5.56 Å². The first kappa shape index (κ1) is 17.6. The predicted molar refractivity (Wildman–Crippen MR) is 94.7 cm³/mol. The topological polar surface area (TPSA) is 62.2 Å². The molecule has 1 atom stereocenters. The van der Waals surface area contributed by atoms with Gasteiger partial charge in [0.2, 0.25) is 5.91 Å². The van der Waals surface area contributed by atoms with Crippen molar-refractivity contribution in [3.63, 3.8) is 0 Å². The van der Waals surface area contributed by atoms with Gasteiger partial charge >= 0.3 is 0 Å². The van der Waals surface area contributed by atoms with Gasteiger partial charge in [0.05, 0.1) is 23.2 Å². The largest absolute Gasteiger partial charge is 0.391 e. The van der Waals surface area contributed by atoms with Crippen LogP contribution in [0.25, 0.3) is 11.3 Å². The zero-order valence-electron chi connectivity index (χ0n) is 13.9. The first-order valence-electron chi connectivity index (χ1n) is 7.97. The lowest BCUT2D eigenvalue weighted by Gasteiger charge is -2.10. The molecule has 0 aliphatic heterocycles. The number of carbonyl (C=O) groups excluding carboxylic acids is 1. The Morgan fingerprint density at radius 1 is 1.30 bits per heavy atom. The van der Waals surface area contributed by atoms with E-state index in [9.17, 15) is 9.90 Å². The van der Waals surface area contributed by atoms with Gasteiger partial charge in [0.1, 0.15) is 0 Å². The van der Waals surface area contributed by atoms with Crippen LogP contribution in [0.15, 0.2) is 24.3 Å². The molecule has 1 unspecified atom stereocenters. The molecule has 2 aromatic rings. The summed E-state index contributed by atoms with van der Waals surface area (Å²) in [5.74, 6) is -0.0721. The van der Waals surface area contributed by atoms with Crippen molar-refractivity contribution in [1.29, 1.82) is 0 Å². The number of carbonyl (C=O) groups is 1. The normalized spacial score (nSPS) is 12.2. The van der Waals surface area contributed by atoms with Gasteiger partial charge in [-0.1, -0.05) is 43.2 Å². The summed E-state index contributed by atoms with van der Waals surface area (Å²) in [6.07, 6.45) is 1.44. The number of amides is 1. The number of hydrogen-bond donors (Lipinski definition) is 2. The van der Waals surface area contributed by atoms with Crippen LogP contribution in [0.3, 0.4) is 0 Å². The fourth-order valence-electron chi connectivity index (χ4n) is 2.40. The van der Waals surface area contributed by atoms with Gasteiger partial charge in [0.25, 0.3) is 0 Å². The van der Waals surface area contributed by atoms with Crippen LogP contribution in [0.5, 0.6) is 0 Å². The SMILES string of the molecule is CCCC(O)CNC(=O)Cc1sc(C)nc1-c1ccc(C)cc1. The molecule has 0 fully saturated rings. The Kier molecular flexibility index (Phi) is 6.30. The summed E-state index contributed by atoms with van der Waals surface area (Å²) in [5, 5.41) is 13.5. The predicted octanol–water partition coefficient (Wildman–Crippen LogP) is 3.25. The Morgan fingerprint density at radius 2 is 2.00 bits per heavy atom. The van der Waals surface area contributed by atoms with Gasteiger partial charge in [0.15, 0.2) is 0 Å². The summed E-state index contributed by atoms with van der Waals surface area (Å²) in [4.78, 5) is 17.7. The number of aryl methyl sites for hydroxylation is 2. The Labute approximate surface area is 141 Å².